The number of benzene rings is 1. The fourth-order valence-electron chi connectivity index (χ4n) is 6.39. The van der Waals surface area contributed by atoms with Gasteiger partial charge in [0, 0.05) is 44.8 Å². The lowest BCUT2D eigenvalue weighted by Gasteiger charge is -2.45. The Hall–Kier alpha value is -3.52. The second-order valence-electron chi connectivity index (χ2n) is 11.3. The number of aromatic nitrogens is 4. The highest BCUT2D eigenvalue weighted by molar-refractivity contribution is 7.19. The van der Waals surface area contributed by atoms with Crippen molar-refractivity contribution in [1.29, 1.82) is 0 Å². The summed E-state index contributed by atoms with van der Waals surface area (Å²) >= 11 is 1.33. The molecule has 14 heteroatoms. The van der Waals surface area contributed by atoms with Gasteiger partial charge in [0.15, 0.2) is 5.82 Å². The van der Waals surface area contributed by atoms with Crippen LogP contribution in [0.15, 0.2) is 42.6 Å². The van der Waals surface area contributed by atoms with E-state index < -0.39 is 6.36 Å². The molecule has 3 aromatic rings. The molecule has 218 valence electrons. The van der Waals surface area contributed by atoms with Crippen molar-refractivity contribution in [3.8, 4) is 5.75 Å². The van der Waals surface area contributed by atoms with Crippen LogP contribution < -0.4 is 20.3 Å². The Balaban J connectivity index is 0.917. The molecule has 1 atom stereocenters. The standard InChI is InChI=1S/C27H31F3N8O2S/c28-27(29,30)40-21-4-1-3-18(11-21)15-37-10-7-26(17-37)13-19(14-26)12-23(39)33-25-36-35-24(41-25)32-20-6-9-38(16-20)22-5-2-8-31-34-22/h1-5,8,11,19-20H,6-7,9-10,12-17H2,(H,32,35)(H,33,36,39)/t19?,20-,26?/m1/s1. The van der Waals surface area contributed by atoms with E-state index in [9.17, 15) is 18.0 Å². The van der Waals surface area contributed by atoms with Crippen LogP contribution in [0.4, 0.5) is 29.3 Å². The second kappa shape index (κ2) is 11.4. The third-order valence-corrected chi connectivity index (χ3v) is 8.81. The van der Waals surface area contributed by atoms with Crippen LogP contribution in [-0.2, 0) is 11.3 Å². The van der Waals surface area contributed by atoms with Gasteiger partial charge in [-0.1, -0.05) is 23.5 Å². The Labute approximate surface area is 239 Å². The first-order chi connectivity index (χ1) is 19.7. The second-order valence-corrected chi connectivity index (χ2v) is 12.2. The number of ether oxygens (including phenoxy) is 1. The summed E-state index contributed by atoms with van der Waals surface area (Å²) in [6, 6.07) is 10.2. The summed E-state index contributed by atoms with van der Waals surface area (Å²) < 4.78 is 41.7. The van der Waals surface area contributed by atoms with Crippen LogP contribution in [0.5, 0.6) is 5.75 Å². The van der Waals surface area contributed by atoms with Crippen molar-refractivity contribution in [1.82, 2.24) is 25.3 Å². The van der Waals surface area contributed by atoms with Gasteiger partial charge >= 0.3 is 6.36 Å². The Kier molecular flexibility index (Phi) is 7.68. The summed E-state index contributed by atoms with van der Waals surface area (Å²) in [5.74, 6) is 0.920. The average Bonchev–Trinajstić information content (AvgIpc) is 3.65. The number of halogens is 3. The van der Waals surface area contributed by atoms with Gasteiger partial charge in [-0.2, -0.15) is 5.10 Å². The minimum Gasteiger partial charge on any atom is -0.406 e. The van der Waals surface area contributed by atoms with E-state index in [0.717, 1.165) is 63.2 Å². The molecule has 1 aliphatic carbocycles. The zero-order chi connectivity index (χ0) is 28.5. The third kappa shape index (κ3) is 7.04. The van der Waals surface area contributed by atoms with Crippen LogP contribution >= 0.6 is 11.3 Å². The van der Waals surface area contributed by atoms with E-state index in [0.29, 0.717) is 29.1 Å². The molecule has 0 bridgehead atoms. The zero-order valence-electron chi connectivity index (χ0n) is 22.3. The summed E-state index contributed by atoms with van der Waals surface area (Å²) in [5, 5.41) is 23.9. The Morgan fingerprint density at radius 3 is 2.78 bits per heavy atom. The lowest BCUT2D eigenvalue weighted by atomic mass is 9.60. The number of carbonyl (C=O) groups is 1. The molecule has 1 aromatic carbocycles. The first-order valence-corrected chi connectivity index (χ1v) is 14.5. The predicted molar refractivity (Wildman–Crippen MR) is 148 cm³/mol. The minimum absolute atomic E-state index is 0.0569. The van der Waals surface area contributed by atoms with Crippen LogP contribution in [-0.4, -0.2) is 69.8 Å². The molecule has 0 unspecified atom stereocenters. The monoisotopic (exact) mass is 588 g/mol. The molecule has 2 aliphatic heterocycles. The largest absolute Gasteiger partial charge is 0.573 e. The molecule has 3 aliphatic rings. The number of anilines is 3. The first-order valence-electron chi connectivity index (χ1n) is 13.7. The summed E-state index contributed by atoms with van der Waals surface area (Å²) in [7, 11) is 0. The zero-order valence-corrected chi connectivity index (χ0v) is 23.1. The molecule has 2 N–H and O–H groups in total. The van der Waals surface area contributed by atoms with Gasteiger partial charge in [-0.25, -0.2) is 0 Å². The number of amides is 1. The SMILES string of the molecule is O=C(CC1CC2(CCN(Cc3cccc(OC(F)(F)F)c3)C2)C1)Nc1nnc(N[C@@H]2CCN(c3cccnn3)C2)s1. The number of hydrogen-bond acceptors (Lipinski definition) is 10. The number of alkyl halides is 3. The quantitative estimate of drug-likeness (QED) is 0.372. The molecule has 3 fully saturated rings. The summed E-state index contributed by atoms with van der Waals surface area (Å²) in [5.41, 5.74) is 0.978. The fourth-order valence-corrected chi connectivity index (χ4v) is 7.13. The van der Waals surface area contributed by atoms with Gasteiger partial charge in [0.25, 0.3) is 0 Å². The highest BCUT2D eigenvalue weighted by atomic mass is 32.1. The maximum atomic E-state index is 12.7. The fraction of sp³-hybridized carbons (Fsp3) is 0.519. The van der Waals surface area contributed by atoms with Crippen molar-refractivity contribution >= 4 is 33.3 Å². The molecule has 2 saturated heterocycles. The van der Waals surface area contributed by atoms with Crippen LogP contribution in [0.2, 0.25) is 0 Å². The van der Waals surface area contributed by atoms with Crippen molar-refractivity contribution in [2.75, 3.05) is 41.7 Å². The average molecular weight is 589 g/mol. The number of carbonyl (C=O) groups excluding carboxylic acids is 1. The predicted octanol–water partition coefficient (Wildman–Crippen LogP) is 4.55. The number of nitrogens with one attached hydrogen (secondary N) is 2. The number of hydrogen-bond donors (Lipinski definition) is 2. The molecule has 4 heterocycles. The Bertz CT molecular complexity index is 1350. The van der Waals surface area contributed by atoms with Gasteiger partial charge in [0.2, 0.25) is 16.2 Å². The van der Waals surface area contributed by atoms with Crippen molar-refractivity contribution in [2.45, 2.75) is 51.1 Å². The van der Waals surface area contributed by atoms with E-state index >= 15 is 0 Å². The first kappa shape index (κ1) is 27.6. The molecular formula is C27H31F3N8O2S. The molecule has 10 nitrogen and oxygen atoms in total. The van der Waals surface area contributed by atoms with E-state index in [1.807, 2.05) is 18.2 Å². The van der Waals surface area contributed by atoms with E-state index in [1.54, 1.807) is 12.3 Å². The molecule has 1 amide bonds. The molecular weight excluding hydrogens is 557 g/mol. The van der Waals surface area contributed by atoms with Crippen molar-refractivity contribution in [3.63, 3.8) is 0 Å². The van der Waals surface area contributed by atoms with Gasteiger partial charge in [-0.15, -0.1) is 28.5 Å². The van der Waals surface area contributed by atoms with Gasteiger partial charge in [-0.05, 0) is 73.4 Å². The number of rotatable bonds is 9. The van der Waals surface area contributed by atoms with Crippen LogP contribution in [0.3, 0.4) is 0 Å². The maximum absolute atomic E-state index is 12.7. The molecule has 1 spiro atoms. The van der Waals surface area contributed by atoms with E-state index in [1.165, 1.54) is 23.5 Å². The van der Waals surface area contributed by atoms with Crippen molar-refractivity contribution < 1.29 is 22.7 Å². The van der Waals surface area contributed by atoms with E-state index in [-0.39, 0.29) is 23.1 Å². The maximum Gasteiger partial charge on any atom is 0.573 e. The Morgan fingerprint density at radius 2 is 1.98 bits per heavy atom. The summed E-state index contributed by atoms with van der Waals surface area (Å²) in [6.45, 7) is 4.02. The minimum atomic E-state index is -4.70. The van der Waals surface area contributed by atoms with Gasteiger partial charge < -0.3 is 20.3 Å². The smallest absolute Gasteiger partial charge is 0.406 e. The summed E-state index contributed by atoms with van der Waals surface area (Å²) in [6.07, 6.45) is 1.32. The van der Waals surface area contributed by atoms with Crippen molar-refractivity contribution in [3.05, 3.63) is 48.2 Å². The highest BCUT2D eigenvalue weighted by Gasteiger charge is 2.48. The molecule has 1 saturated carbocycles. The van der Waals surface area contributed by atoms with E-state index in [4.69, 9.17) is 0 Å². The molecule has 41 heavy (non-hydrogen) atoms. The normalized spacial score (nSPS) is 24.4. The molecule has 2 aromatic heterocycles. The highest BCUT2D eigenvalue weighted by Crippen LogP contribution is 2.53. The summed E-state index contributed by atoms with van der Waals surface area (Å²) in [4.78, 5) is 17.1. The van der Waals surface area contributed by atoms with E-state index in [2.05, 4.69) is 45.6 Å². The molecule has 0 radical (unpaired) electrons. The lowest BCUT2D eigenvalue weighted by Crippen LogP contribution is -2.41. The topological polar surface area (TPSA) is 108 Å². The number of likely N-dealkylation sites (tertiary alicyclic amines) is 1. The van der Waals surface area contributed by atoms with Gasteiger partial charge in [0.1, 0.15) is 5.75 Å². The van der Waals surface area contributed by atoms with Crippen molar-refractivity contribution in [2.24, 2.45) is 11.3 Å². The Morgan fingerprint density at radius 1 is 1.12 bits per heavy atom. The van der Waals surface area contributed by atoms with Crippen LogP contribution in [0.25, 0.3) is 0 Å². The number of nitrogens with zero attached hydrogens (tertiary/aromatic N) is 6. The van der Waals surface area contributed by atoms with Crippen LogP contribution in [0, 0.1) is 11.3 Å². The van der Waals surface area contributed by atoms with Gasteiger partial charge in [-0.3, -0.25) is 9.69 Å². The van der Waals surface area contributed by atoms with Crippen LogP contribution in [0.1, 0.15) is 37.7 Å². The third-order valence-electron chi connectivity index (χ3n) is 8.04. The lowest BCUT2D eigenvalue weighted by molar-refractivity contribution is -0.274. The van der Waals surface area contributed by atoms with Gasteiger partial charge in [0.05, 0.1) is 0 Å². The molecule has 6 rings (SSSR count).